The van der Waals surface area contributed by atoms with E-state index in [0.29, 0.717) is 10.00 Å². The van der Waals surface area contributed by atoms with Crippen molar-refractivity contribution >= 4 is 28.7 Å². The zero-order chi connectivity index (χ0) is 12.0. The van der Waals surface area contributed by atoms with Crippen LogP contribution >= 0.6 is 23.5 Å². The molecule has 1 aliphatic heterocycles. The maximum atomic E-state index is 4.55. The van der Waals surface area contributed by atoms with E-state index in [-0.39, 0.29) is 0 Å². The molecule has 1 atom stereocenters. The van der Waals surface area contributed by atoms with E-state index in [4.69, 9.17) is 0 Å². The highest BCUT2D eigenvalue weighted by Gasteiger charge is 2.26. The average molecular weight is 260 g/mol. The molecule has 0 bridgehead atoms. The molecule has 0 aromatic heterocycles. The van der Waals surface area contributed by atoms with E-state index in [9.17, 15) is 0 Å². The van der Waals surface area contributed by atoms with E-state index in [2.05, 4.69) is 37.3 Å². The maximum Gasteiger partial charge on any atom is 0.156 e. The molecule has 0 spiro atoms. The summed E-state index contributed by atoms with van der Waals surface area (Å²) in [4.78, 5) is 4.55. The van der Waals surface area contributed by atoms with Gasteiger partial charge in [0.15, 0.2) is 5.17 Å². The van der Waals surface area contributed by atoms with Crippen molar-refractivity contribution < 1.29 is 0 Å². The van der Waals surface area contributed by atoms with Crippen LogP contribution < -0.4 is 5.32 Å². The predicted molar refractivity (Wildman–Crippen MR) is 78.8 cm³/mol. The highest BCUT2D eigenvalue weighted by Crippen LogP contribution is 2.30. The summed E-state index contributed by atoms with van der Waals surface area (Å²) in [6.07, 6.45) is 5.86. The fourth-order valence-corrected chi connectivity index (χ4v) is 3.55. The molecule has 1 heterocycles. The molecule has 94 valence electrons. The van der Waals surface area contributed by atoms with Crippen LogP contribution in [-0.4, -0.2) is 34.5 Å². The number of hydrogen-bond acceptors (Lipinski definition) is 4. The minimum atomic E-state index is 0.382. The van der Waals surface area contributed by atoms with Gasteiger partial charge in [-0.25, -0.2) is 0 Å². The van der Waals surface area contributed by atoms with E-state index in [1.54, 1.807) is 0 Å². The standard InChI is InChI=1S/C12H24N2S2/c1-5-10-8-13-11(16-10)14-9-12(6-2,7-3)15-4/h10H,5-9H2,1-4H3,(H,13,14). The second kappa shape index (κ2) is 6.80. The van der Waals surface area contributed by atoms with Crippen LogP contribution in [0.3, 0.4) is 0 Å². The molecule has 0 aromatic rings. The summed E-state index contributed by atoms with van der Waals surface area (Å²) in [6.45, 7) is 8.83. The van der Waals surface area contributed by atoms with Gasteiger partial charge in [-0.05, 0) is 25.5 Å². The van der Waals surface area contributed by atoms with E-state index in [1.807, 2.05) is 23.5 Å². The van der Waals surface area contributed by atoms with Crippen LogP contribution in [0.5, 0.6) is 0 Å². The lowest BCUT2D eigenvalue weighted by Crippen LogP contribution is -2.38. The minimum absolute atomic E-state index is 0.382. The molecule has 1 aliphatic rings. The number of nitrogens with zero attached hydrogens (tertiary/aromatic N) is 1. The summed E-state index contributed by atoms with van der Waals surface area (Å²) in [6, 6.07) is 0. The number of rotatable bonds is 6. The lowest BCUT2D eigenvalue weighted by Gasteiger charge is -2.30. The van der Waals surface area contributed by atoms with Crippen LogP contribution in [0.4, 0.5) is 0 Å². The van der Waals surface area contributed by atoms with Crippen molar-refractivity contribution in [1.82, 2.24) is 5.32 Å². The van der Waals surface area contributed by atoms with Crippen LogP contribution in [0, 0.1) is 0 Å². The fraction of sp³-hybridized carbons (Fsp3) is 0.917. The van der Waals surface area contributed by atoms with Gasteiger partial charge < -0.3 is 5.32 Å². The van der Waals surface area contributed by atoms with Gasteiger partial charge in [-0.1, -0.05) is 32.5 Å². The molecule has 1 N–H and O–H groups in total. The van der Waals surface area contributed by atoms with Crippen molar-refractivity contribution in [3.63, 3.8) is 0 Å². The number of aliphatic imine (C=N–C) groups is 1. The third kappa shape index (κ3) is 3.59. The van der Waals surface area contributed by atoms with Crippen molar-refractivity contribution in [3.05, 3.63) is 0 Å². The predicted octanol–water partition coefficient (Wildman–Crippen LogP) is 3.38. The number of thioether (sulfide) groups is 2. The van der Waals surface area contributed by atoms with Crippen molar-refractivity contribution in [2.75, 3.05) is 19.3 Å². The Balaban J connectivity index is 2.39. The summed E-state index contributed by atoms with van der Waals surface area (Å²) in [5.74, 6) is 0. The molecule has 0 aromatic carbocycles. The lowest BCUT2D eigenvalue weighted by molar-refractivity contribution is 0.538. The molecule has 4 heteroatoms. The Kier molecular flexibility index (Phi) is 6.05. The molecule has 0 amide bonds. The monoisotopic (exact) mass is 260 g/mol. The fourth-order valence-electron chi connectivity index (χ4n) is 1.82. The van der Waals surface area contributed by atoms with E-state index >= 15 is 0 Å². The smallest absolute Gasteiger partial charge is 0.156 e. The molecule has 0 radical (unpaired) electrons. The molecular weight excluding hydrogens is 236 g/mol. The Morgan fingerprint density at radius 3 is 2.56 bits per heavy atom. The minimum Gasteiger partial charge on any atom is -0.364 e. The first-order valence-corrected chi connectivity index (χ1v) is 8.30. The van der Waals surface area contributed by atoms with Gasteiger partial charge in [-0.3, -0.25) is 4.99 Å². The van der Waals surface area contributed by atoms with Crippen LogP contribution in [0.25, 0.3) is 0 Å². The van der Waals surface area contributed by atoms with Gasteiger partial charge in [0.2, 0.25) is 0 Å². The summed E-state index contributed by atoms with van der Waals surface area (Å²) >= 11 is 3.89. The Hall–Kier alpha value is 0.170. The molecule has 16 heavy (non-hydrogen) atoms. The highest BCUT2D eigenvalue weighted by atomic mass is 32.2. The van der Waals surface area contributed by atoms with Gasteiger partial charge in [0.05, 0.1) is 6.54 Å². The van der Waals surface area contributed by atoms with Crippen molar-refractivity contribution in [1.29, 1.82) is 0 Å². The summed E-state index contributed by atoms with van der Waals surface area (Å²) in [7, 11) is 0. The molecule has 0 saturated heterocycles. The lowest BCUT2D eigenvalue weighted by atomic mass is 10.0. The highest BCUT2D eigenvalue weighted by molar-refractivity contribution is 8.14. The van der Waals surface area contributed by atoms with Gasteiger partial charge in [0, 0.05) is 16.5 Å². The molecule has 0 fully saturated rings. The first kappa shape index (κ1) is 14.2. The summed E-state index contributed by atoms with van der Waals surface area (Å²) < 4.78 is 0.382. The normalized spacial score (nSPS) is 21.0. The number of amidine groups is 1. The van der Waals surface area contributed by atoms with Crippen LogP contribution in [0.15, 0.2) is 4.99 Å². The molecule has 0 saturated carbocycles. The second-order valence-electron chi connectivity index (χ2n) is 4.24. The first-order valence-electron chi connectivity index (χ1n) is 6.19. The molecule has 2 nitrogen and oxygen atoms in total. The maximum absolute atomic E-state index is 4.55. The molecular formula is C12H24N2S2. The third-order valence-corrected chi connectivity index (χ3v) is 6.36. The number of nitrogens with one attached hydrogen (secondary N) is 1. The summed E-state index contributed by atoms with van der Waals surface area (Å²) in [5, 5.41) is 5.39. The number of hydrogen-bond donors (Lipinski definition) is 1. The van der Waals surface area contributed by atoms with Gasteiger partial charge in [0.1, 0.15) is 0 Å². The Labute approximate surface area is 108 Å². The van der Waals surface area contributed by atoms with Gasteiger partial charge in [-0.2, -0.15) is 11.8 Å². The topological polar surface area (TPSA) is 24.4 Å². The Morgan fingerprint density at radius 2 is 2.12 bits per heavy atom. The Bertz CT molecular complexity index is 229. The van der Waals surface area contributed by atoms with Crippen molar-refractivity contribution in [2.24, 2.45) is 4.99 Å². The first-order chi connectivity index (χ1) is 7.69. The van der Waals surface area contributed by atoms with E-state index in [1.165, 1.54) is 19.3 Å². The quantitative estimate of drug-likeness (QED) is 0.792. The largest absolute Gasteiger partial charge is 0.364 e. The van der Waals surface area contributed by atoms with Gasteiger partial charge >= 0.3 is 0 Å². The second-order valence-corrected chi connectivity index (χ2v) is 6.81. The SMILES string of the molecule is CCC1CN=C(NCC(CC)(CC)SC)S1. The Morgan fingerprint density at radius 1 is 1.44 bits per heavy atom. The van der Waals surface area contributed by atoms with E-state index < -0.39 is 0 Å². The van der Waals surface area contributed by atoms with Gasteiger partial charge in [-0.15, -0.1) is 0 Å². The van der Waals surface area contributed by atoms with Crippen LogP contribution in [-0.2, 0) is 0 Å². The van der Waals surface area contributed by atoms with Crippen LogP contribution in [0.2, 0.25) is 0 Å². The summed E-state index contributed by atoms with van der Waals surface area (Å²) in [5.41, 5.74) is 0. The van der Waals surface area contributed by atoms with Crippen molar-refractivity contribution in [3.8, 4) is 0 Å². The molecule has 1 unspecified atom stereocenters. The molecule has 0 aliphatic carbocycles. The van der Waals surface area contributed by atoms with Crippen molar-refractivity contribution in [2.45, 2.75) is 50.0 Å². The zero-order valence-electron chi connectivity index (χ0n) is 10.9. The average Bonchev–Trinajstić information content (AvgIpc) is 2.80. The van der Waals surface area contributed by atoms with Gasteiger partial charge in [0.25, 0.3) is 0 Å². The third-order valence-electron chi connectivity index (χ3n) is 3.46. The zero-order valence-corrected chi connectivity index (χ0v) is 12.5. The van der Waals surface area contributed by atoms with Crippen LogP contribution in [0.1, 0.15) is 40.0 Å². The van der Waals surface area contributed by atoms with E-state index in [0.717, 1.165) is 18.3 Å². The molecule has 1 rings (SSSR count).